The summed E-state index contributed by atoms with van der Waals surface area (Å²) in [7, 11) is 1.65. The maximum atomic E-state index is 13.7. The van der Waals surface area contributed by atoms with E-state index in [0.717, 1.165) is 46.4 Å². The number of fused-ring (bicyclic) bond motifs is 3. The molecule has 0 N–H and O–H groups in total. The number of thiophene rings is 1. The minimum absolute atomic E-state index is 0.0658. The molecule has 2 aromatic carbocycles. The van der Waals surface area contributed by atoms with E-state index in [1.807, 2.05) is 47.0 Å². The first kappa shape index (κ1) is 18.1. The fourth-order valence-corrected chi connectivity index (χ4v) is 5.39. The van der Waals surface area contributed by atoms with Crippen LogP contribution >= 0.6 is 11.3 Å². The Hall–Kier alpha value is -2.92. The lowest BCUT2D eigenvalue weighted by Crippen LogP contribution is -2.24. The second-order valence-electron chi connectivity index (χ2n) is 7.44. The Morgan fingerprint density at radius 1 is 1.07 bits per heavy atom. The third-order valence-corrected chi connectivity index (χ3v) is 6.77. The second kappa shape index (κ2) is 7.48. The zero-order valence-electron chi connectivity index (χ0n) is 16.4. The molecule has 1 aliphatic rings. The molecule has 0 radical (unpaired) electrons. The van der Waals surface area contributed by atoms with Crippen molar-refractivity contribution in [3.8, 4) is 17.1 Å². The molecule has 4 aromatic rings. The normalized spacial score (nSPS) is 13.4. The molecule has 146 valence electrons. The lowest BCUT2D eigenvalue weighted by molar-refractivity contribution is 0.415. The van der Waals surface area contributed by atoms with Gasteiger partial charge in [0.2, 0.25) is 0 Å². The van der Waals surface area contributed by atoms with Gasteiger partial charge < -0.3 is 4.74 Å². The Labute approximate surface area is 173 Å². The SMILES string of the molecule is COc1cccc(-c2nc3sc4c(c3c(=O)n2Cc2ccccc2)CCCC4)c1. The van der Waals surface area contributed by atoms with Crippen molar-refractivity contribution in [1.82, 2.24) is 9.55 Å². The van der Waals surface area contributed by atoms with Gasteiger partial charge in [0.25, 0.3) is 5.56 Å². The molecule has 0 amide bonds. The summed E-state index contributed by atoms with van der Waals surface area (Å²) in [6.45, 7) is 0.500. The van der Waals surface area contributed by atoms with Gasteiger partial charge in [-0.3, -0.25) is 9.36 Å². The van der Waals surface area contributed by atoms with E-state index < -0.39 is 0 Å². The van der Waals surface area contributed by atoms with Gasteiger partial charge in [0.15, 0.2) is 0 Å². The highest BCUT2D eigenvalue weighted by atomic mass is 32.1. The van der Waals surface area contributed by atoms with Gasteiger partial charge in [-0.1, -0.05) is 42.5 Å². The van der Waals surface area contributed by atoms with Gasteiger partial charge in [0.05, 0.1) is 19.0 Å². The molecule has 2 heterocycles. The van der Waals surface area contributed by atoms with Gasteiger partial charge in [-0.05, 0) is 48.9 Å². The van der Waals surface area contributed by atoms with E-state index in [9.17, 15) is 4.79 Å². The first-order valence-corrected chi connectivity index (χ1v) is 10.8. The molecule has 5 rings (SSSR count). The van der Waals surface area contributed by atoms with Crippen LogP contribution in [0, 0.1) is 0 Å². The van der Waals surface area contributed by atoms with Crippen LogP contribution in [0.5, 0.6) is 5.75 Å². The molecular formula is C24H22N2O2S. The summed E-state index contributed by atoms with van der Waals surface area (Å²) in [6.07, 6.45) is 4.38. The molecule has 5 heteroatoms. The predicted octanol–water partition coefficient (Wildman–Crippen LogP) is 5.06. The van der Waals surface area contributed by atoms with Crippen molar-refractivity contribution in [2.75, 3.05) is 7.11 Å². The molecule has 0 fully saturated rings. The molecule has 0 unspecified atom stereocenters. The van der Waals surface area contributed by atoms with E-state index >= 15 is 0 Å². The Morgan fingerprint density at radius 2 is 1.90 bits per heavy atom. The van der Waals surface area contributed by atoms with E-state index in [2.05, 4.69) is 12.1 Å². The molecule has 4 nitrogen and oxygen atoms in total. The zero-order valence-corrected chi connectivity index (χ0v) is 17.2. The zero-order chi connectivity index (χ0) is 19.8. The predicted molar refractivity (Wildman–Crippen MR) is 118 cm³/mol. The molecule has 0 atom stereocenters. The van der Waals surface area contributed by atoms with Crippen molar-refractivity contribution in [3.05, 3.63) is 81.0 Å². The van der Waals surface area contributed by atoms with Crippen molar-refractivity contribution in [2.45, 2.75) is 32.2 Å². The average Bonchev–Trinajstić information content (AvgIpc) is 3.15. The van der Waals surface area contributed by atoms with E-state index in [4.69, 9.17) is 9.72 Å². The van der Waals surface area contributed by atoms with E-state index in [-0.39, 0.29) is 5.56 Å². The quantitative estimate of drug-likeness (QED) is 0.479. The molecule has 0 aliphatic heterocycles. The van der Waals surface area contributed by atoms with Gasteiger partial charge in [-0.2, -0.15) is 0 Å². The highest BCUT2D eigenvalue weighted by Gasteiger charge is 2.22. The summed E-state index contributed by atoms with van der Waals surface area (Å²) in [5.41, 5.74) is 3.28. The number of aromatic nitrogens is 2. The number of hydrogen-bond donors (Lipinski definition) is 0. The first-order chi connectivity index (χ1) is 14.2. The number of hydrogen-bond acceptors (Lipinski definition) is 4. The van der Waals surface area contributed by atoms with Crippen LogP contribution in [0.1, 0.15) is 28.8 Å². The summed E-state index contributed by atoms with van der Waals surface area (Å²) >= 11 is 1.69. The Morgan fingerprint density at radius 3 is 2.72 bits per heavy atom. The highest BCUT2D eigenvalue weighted by molar-refractivity contribution is 7.18. The lowest BCUT2D eigenvalue weighted by atomic mass is 9.97. The summed E-state index contributed by atoms with van der Waals surface area (Å²) in [4.78, 5) is 20.9. The maximum absolute atomic E-state index is 13.7. The molecular weight excluding hydrogens is 380 g/mol. The van der Waals surface area contributed by atoms with Crippen molar-refractivity contribution in [3.63, 3.8) is 0 Å². The van der Waals surface area contributed by atoms with Crippen molar-refractivity contribution in [1.29, 1.82) is 0 Å². The van der Waals surface area contributed by atoms with Gasteiger partial charge in [0, 0.05) is 10.4 Å². The number of ether oxygens (including phenoxy) is 1. The summed E-state index contributed by atoms with van der Waals surface area (Å²) < 4.78 is 7.23. The van der Waals surface area contributed by atoms with E-state index in [1.165, 1.54) is 16.9 Å². The van der Waals surface area contributed by atoms with Crippen LogP contribution in [0.25, 0.3) is 21.6 Å². The van der Waals surface area contributed by atoms with Crippen LogP contribution < -0.4 is 10.3 Å². The number of nitrogens with zero attached hydrogens (tertiary/aromatic N) is 2. The first-order valence-electron chi connectivity index (χ1n) is 9.98. The Bertz CT molecular complexity index is 1240. The van der Waals surface area contributed by atoms with Crippen molar-refractivity contribution >= 4 is 21.6 Å². The molecule has 29 heavy (non-hydrogen) atoms. The Kier molecular flexibility index (Phi) is 4.68. The topological polar surface area (TPSA) is 44.1 Å². The monoisotopic (exact) mass is 402 g/mol. The highest BCUT2D eigenvalue weighted by Crippen LogP contribution is 2.35. The van der Waals surface area contributed by atoms with Crippen LogP contribution in [0.15, 0.2) is 59.4 Å². The minimum atomic E-state index is 0.0658. The van der Waals surface area contributed by atoms with Crippen LogP contribution in [-0.2, 0) is 19.4 Å². The summed E-state index contributed by atoms with van der Waals surface area (Å²) in [5.74, 6) is 1.46. The Balaban J connectivity index is 1.77. The fraction of sp³-hybridized carbons (Fsp3) is 0.250. The standard InChI is InChI=1S/C24H22N2O2S/c1-28-18-11-7-10-17(14-18)22-25-23-21(19-12-5-6-13-20(19)29-23)24(27)26(22)15-16-8-3-2-4-9-16/h2-4,7-11,14H,5-6,12-13,15H2,1H3. The summed E-state index contributed by atoms with van der Waals surface area (Å²) in [5, 5.41) is 0.826. The molecule has 0 spiro atoms. The fourth-order valence-electron chi connectivity index (χ4n) is 4.13. The summed E-state index contributed by atoms with van der Waals surface area (Å²) in [6, 6.07) is 17.9. The van der Waals surface area contributed by atoms with Gasteiger partial charge in [-0.25, -0.2) is 4.98 Å². The lowest BCUT2D eigenvalue weighted by Gasteiger charge is -2.14. The van der Waals surface area contributed by atoms with Crippen LogP contribution in [0.2, 0.25) is 0 Å². The molecule has 0 saturated carbocycles. The number of benzene rings is 2. The van der Waals surface area contributed by atoms with Crippen LogP contribution in [0.3, 0.4) is 0 Å². The molecule has 2 aromatic heterocycles. The molecule has 0 bridgehead atoms. The van der Waals surface area contributed by atoms with Gasteiger partial charge in [0.1, 0.15) is 16.4 Å². The van der Waals surface area contributed by atoms with E-state index in [0.29, 0.717) is 12.4 Å². The maximum Gasteiger partial charge on any atom is 0.263 e. The smallest absolute Gasteiger partial charge is 0.263 e. The van der Waals surface area contributed by atoms with Crippen LogP contribution in [-0.4, -0.2) is 16.7 Å². The van der Waals surface area contributed by atoms with E-state index in [1.54, 1.807) is 18.4 Å². The third kappa shape index (κ3) is 3.25. The van der Waals surface area contributed by atoms with Crippen molar-refractivity contribution < 1.29 is 4.74 Å². The van der Waals surface area contributed by atoms with Gasteiger partial charge >= 0.3 is 0 Å². The minimum Gasteiger partial charge on any atom is -0.497 e. The van der Waals surface area contributed by atoms with Crippen LogP contribution in [0.4, 0.5) is 0 Å². The number of rotatable bonds is 4. The number of methoxy groups -OCH3 is 1. The second-order valence-corrected chi connectivity index (χ2v) is 8.52. The largest absolute Gasteiger partial charge is 0.497 e. The molecule has 1 aliphatic carbocycles. The third-order valence-electron chi connectivity index (χ3n) is 5.59. The van der Waals surface area contributed by atoms with Crippen molar-refractivity contribution in [2.24, 2.45) is 0 Å². The van der Waals surface area contributed by atoms with Gasteiger partial charge in [-0.15, -0.1) is 11.3 Å². The number of aryl methyl sites for hydroxylation is 2. The molecule has 0 saturated heterocycles. The average molecular weight is 403 g/mol.